The summed E-state index contributed by atoms with van der Waals surface area (Å²) in [5, 5.41) is 2.96. The van der Waals surface area contributed by atoms with Gasteiger partial charge >= 0.3 is 0 Å². The highest BCUT2D eigenvalue weighted by molar-refractivity contribution is 5.86. The maximum absolute atomic E-state index is 12.0. The highest BCUT2D eigenvalue weighted by atomic mass is 16.1. The average Bonchev–Trinajstić information content (AvgIpc) is 2.84. The number of benzene rings is 1. The van der Waals surface area contributed by atoms with Crippen molar-refractivity contribution in [3.8, 4) is 0 Å². The lowest BCUT2D eigenvalue weighted by Gasteiger charge is -2.28. The molecule has 1 heterocycles. The van der Waals surface area contributed by atoms with Gasteiger partial charge in [0.15, 0.2) is 0 Å². The van der Waals surface area contributed by atoms with Crippen LogP contribution in [-0.4, -0.2) is 22.4 Å². The van der Waals surface area contributed by atoms with Crippen molar-refractivity contribution >= 4 is 5.91 Å². The van der Waals surface area contributed by atoms with Crippen LogP contribution in [0.5, 0.6) is 0 Å². The summed E-state index contributed by atoms with van der Waals surface area (Å²) in [6.45, 7) is 0.630. The summed E-state index contributed by atoms with van der Waals surface area (Å²) in [5.74, 6) is 1.07. The monoisotopic (exact) mass is 241 g/mol. The van der Waals surface area contributed by atoms with Crippen molar-refractivity contribution < 1.29 is 4.79 Å². The Balaban J connectivity index is 1.52. The van der Waals surface area contributed by atoms with Crippen molar-refractivity contribution in [2.24, 2.45) is 0 Å². The number of nitrogens with one attached hydrogen (secondary N) is 2. The third kappa shape index (κ3) is 2.01. The fourth-order valence-corrected chi connectivity index (χ4v) is 2.35. The first kappa shape index (κ1) is 11.0. The first-order valence-corrected chi connectivity index (χ1v) is 6.18. The molecule has 1 aliphatic rings. The molecule has 0 fully saturated rings. The van der Waals surface area contributed by atoms with Gasteiger partial charge in [0.25, 0.3) is 0 Å². The fraction of sp³-hybridized carbons (Fsp3) is 0.286. The van der Waals surface area contributed by atoms with Crippen molar-refractivity contribution in [1.29, 1.82) is 0 Å². The zero-order valence-corrected chi connectivity index (χ0v) is 10.0. The second-order valence-electron chi connectivity index (χ2n) is 4.53. The summed E-state index contributed by atoms with van der Waals surface area (Å²) >= 11 is 0. The molecule has 92 valence electrons. The molecule has 1 atom stereocenters. The number of rotatable bonds is 4. The van der Waals surface area contributed by atoms with E-state index in [1.54, 1.807) is 12.4 Å². The molecule has 2 N–H and O–H groups in total. The molecule has 1 unspecified atom stereocenters. The van der Waals surface area contributed by atoms with E-state index in [1.165, 1.54) is 11.1 Å². The molecule has 0 saturated carbocycles. The lowest BCUT2D eigenvalue weighted by Crippen LogP contribution is -2.36. The number of H-pyrrole nitrogens is 1. The predicted octanol–water partition coefficient (Wildman–Crippen LogP) is 1.41. The van der Waals surface area contributed by atoms with Crippen LogP contribution < -0.4 is 5.32 Å². The summed E-state index contributed by atoms with van der Waals surface area (Å²) in [4.78, 5) is 19.1. The van der Waals surface area contributed by atoms with Gasteiger partial charge in [-0.2, -0.15) is 0 Å². The topological polar surface area (TPSA) is 57.8 Å². The molecular weight excluding hydrogens is 226 g/mol. The molecule has 0 bridgehead atoms. The fourth-order valence-electron chi connectivity index (χ4n) is 2.35. The third-order valence-electron chi connectivity index (χ3n) is 3.39. The number of amides is 1. The molecule has 18 heavy (non-hydrogen) atoms. The van der Waals surface area contributed by atoms with Gasteiger partial charge in [-0.15, -0.1) is 0 Å². The maximum atomic E-state index is 12.0. The Labute approximate surface area is 105 Å². The minimum Gasteiger partial charge on any atom is -0.355 e. The van der Waals surface area contributed by atoms with Crippen molar-refractivity contribution in [3.63, 3.8) is 0 Å². The predicted molar refractivity (Wildman–Crippen MR) is 68.2 cm³/mol. The summed E-state index contributed by atoms with van der Waals surface area (Å²) in [6.07, 6.45) is 5.12. The van der Waals surface area contributed by atoms with Crippen LogP contribution in [0.15, 0.2) is 36.7 Å². The van der Waals surface area contributed by atoms with Gasteiger partial charge in [0.2, 0.25) is 5.91 Å². The lowest BCUT2D eigenvalue weighted by molar-refractivity contribution is -0.123. The highest BCUT2D eigenvalue weighted by Gasteiger charge is 2.31. The van der Waals surface area contributed by atoms with Crippen LogP contribution in [0.1, 0.15) is 22.9 Å². The Bertz CT molecular complexity index is 548. The zero-order valence-electron chi connectivity index (χ0n) is 10.0. The molecule has 0 saturated heterocycles. The molecule has 0 aliphatic heterocycles. The molecule has 1 aromatic heterocycles. The number of imidazole rings is 1. The first-order chi connectivity index (χ1) is 8.84. The number of fused-ring (bicyclic) bond motifs is 1. The number of carbonyl (C=O) groups excluding carboxylic acids is 1. The van der Waals surface area contributed by atoms with E-state index in [0.717, 1.165) is 18.7 Å². The van der Waals surface area contributed by atoms with Crippen LogP contribution in [-0.2, 0) is 17.6 Å². The summed E-state index contributed by atoms with van der Waals surface area (Å²) in [7, 11) is 0. The van der Waals surface area contributed by atoms with Crippen LogP contribution in [0.3, 0.4) is 0 Å². The zero-order chi connectivity index (χ0) is 12.4. The Morgan fingerprint density at radius 3 is 3.11 bits per heavy atom. The van der Waals surface area contributed by atoms with Gasteiger partial charge in [0.1, 0.15) is 5.82 Å². The molecule has 4 nitrogen and oxygen atoms in total. The van der Waals surface area contributed by atoms with E-state index in [0.29, 0.717) is 6.54 Å². The van der Waals surface area contributed by atoms with E-state index in [4.69, 9.17) is 0 Å². The van der Waals surface area contributed by atoms with Crippen LogP contribution in [0.25, 0.3) is 0 Å². The van der Waals surface area contributed by atoms with Gasteiger partial charge in [-0.1, -0.05) is 24.3 Å². The Hall–Kier alpha value is -2.10. The van der Waals surface area contributed by atoms with E-state index in [2.05, 4.69) is 21.4 Å². The molecule has 1 aliphatic carbocycles. The van der Waals surface area contributed by atoms with E-state index in [9.17, 15) is 4.79 Å². The van der Waals surface area contributed by atoms with Gasteiger partial charge in [-0.3, -0.25) is 4.79 Å². The second-order valence-corrected chi connectivity index (χ2v) is 4.53. The van der Waals surface area contributed by atoms with E-state index in [1.807, 2.05) is 18.2 Å². The number of aromatic nitrogens is 2. The summed E-state index contributed by atoms with van der Waals surface area (Å²) in [6, 6.07) is 8.13. The molecule has 4 heteroatoms. The molecule has 2 aromatic rings. The standard InChI is InChI=1S/C14H15N3O/c18-14(17-6-5-13-15-7-8-16-13)12-9-10-3-1-2-4-11(10)12/h1-4,7-8,12H,5-6,9H2,(H,15,16)(H,17,18). The largest absolute Gasteiger partial charge is 0.355 e. The minimum absolute atomic E-state index is 0.0396. The molecular formula is C14H15N3O. The van der Waals surface area contributed by atoms with Gasteiger partial charge in [0.05, 0.1) is 5.92 Å². The third-order valence-corrected chi connectivity index (χ3v) is 3.39. The molecule has 3 rings (SSSR count). The van der Waals surface area contributed by atoms with E-state index < -0.39 is 0 Å². The Morgan fingerprint density at radius 2 is 2.33 bits per heavy atom. The summed E-state index contributed by atoms with van der Waals surface area (Å²) < 4.78 is 0. The van der Waals surface area contributed by atoms with Gasteiger partial charge in [0, 0.05) is 25.4 Å². The van der Waals surface area contributed by atoms with Crippen LogP contribution >= 0.6 is 0 Å². The van der Waals surface area contributed by atoms with E-state index >= 15 is 0 Å². The average molecular weight is 241 g/mol. The highest BCUT2D eigenvalue weighted by Crippen LogP contribution is 2.34. The molecule has 1 amide bonds. The molecule has 0 radical (unpaired) electrons. The maximum Gasteiger partial charge on any atom is 0.227 e. The summed E-state index contributed by atoms with van der Waals surface area (Å²) in [5.41, 5.74) is 2.47. The number of hydrogen-bond donors (Lipinski definition) is 2. The molecule has 1 aromatic carbocycles. The minimum atomic E-state index is 0.0396. The first-order valence-electron chi connectivity index (χ1n) is 6.18. The normalized spacial score (nSPS) is 16.8. The van der Waals surface area contributed by atoms with Gasteiger partial charge in [-0.05, 0) is 17.5 Å². The lowest BCUT2D eigenvalue weighted by atomic mass is 9.77. The van der Waals surface area contributed by atoms with Crippen LogP contribution in [0.2, 0.25) is 0 Å². The van der Waals surface area contributed by atoms with Crippen LogP contribution in [0.4, 0.5) is 0 Å². The van der Waals surface area contributed by atoms with Crippen molar-refractivity contribution in [1.82, 2.24) is 15.3 Å². The van der Waals surface area contributed by atoms with Crippen molar-refractivity contribution in [3.05, 3.63) is 53.6 Å². The van der Waals surface area contributed by atoms with Crippen molar-refractivity contribution in [2.45, 2.75) is 18.8 Å². The van der Waals surface area contributed by atoms with Gasteiger partial charge < -0.3 is 10.3 Å². The van der Waals surface area contributed by atoms with Crippen molar-refractivity contribution in [2.75, 3.05) is 6.54 Å². The number of hydrogen-bond acceptors (Lipinski definition) is 2. The SMILES string of the molecule is O=C(NCCc1ncc[nH]1)C1Cc2ccccc21. The number of aromatic amines is 1. The Kier molecular flexibility index (Phi) is 2.84. The Morgan fingerprint density at radius 1 is 1.44 bits per heavy atom. The van der Waals surface area contributed by atoms with E-state index in [-0.39, 0.29) is 11.8 Å². The van der Waals surface area contributed by atoms with Gasteiger partial charge in [-0.25, -0.2) is 4.98 Å². The second kappa shape index (κ2) is 4.64. The quantitative estimate of drug-likeness (QED) is 0.850. The van der Waals surface area contributed by atoms with Crippen LogP contribution in [0, 0.1) is 0 Å². The number of nitrogens with zero attached hydrogens (tertiary/aromatic N) is 1. The smallest absolute Gasteiger partial charge is 0.227 e. The number of carbonyl (C=O) groups is 1. The molecule has 0 spiro atoms.